The van der Waals surface area contributed by atoms with Crippen LogP contribution in [-0.4, -0.2) is 103 Å². The van der Waals surface area contributed by atoms with Crippen LogP contribution in [0.4, 0.5) is 4.79 Å². The first-order chi connectivity index (χ1) is 31.7. The smallest absolute Gasteiger partial charge is 0.407 e. The van der Waals surface area contributed by atoms with Crippen LogP contribution in [0.25, 0.3) is 0 Å². The number of carbonyl (C=O) groups excluding carboxylic acids is 6. The summed E-state index contributed by atoms with van der Waals surface area (Å²) in [6, 6.07) is 14.5. The summed E-state index contributed by atoms with van der Waals surface area (Å²) in [5, 5.41) is 11.3. The third-order valence-electron chi connectivity index (χ3n) is 12.5. The van der Waals surface area contributed by atoms with Crippen LogP contribution >= 0.6 is 0 Å². The first kappa shape index (κ1) is 53.5. The molecule has 2 aliphatic rings. The molecule has 0 aromatic heterocycles. The molecule has 1 aliphatic heterocycles. The van der Waals surface area contributed by atoms with Crippen molar-refractivity contribution in [3.63, 3.8) is 0 Å². The van der Waals surface area contributed by atoms with E-state index in [9.17, 15) is 28.8 Å². The van der Waals surface area contributed by atoms with Gasteiger partial charge in [-0.1, -0.05) is 140 Å². The van der Waals surface area contributed by atoms with E-state index in [1.807, 2.05) is 69.3 Å². The number of benzene rings is 2. The van der Waals surface area contributed by atoms with Crippen molar-refractivity contribution in [1.82, 2.24) is 26.2 Å². The fraction of sp³-hybridized carbons (Fsp3) is 0.627. The normalized spacial score (nSPS) is 24.9. The fourth-order valence-corrected chi connectivity index (χ4v) is 8.51. The highest BCUT2D eigenvalue weighted by atomic mass is 16.5. The molecule has 2 aromatic rings. The predicted octanol–water partition coefficient (Wildman–Crippen LogP) is 6.81. The van der Waals surface area contributed by atoms with Gasteiger partial charge < -0.3 is 40.4 Å². The van der Waals surface area contributed by atoms with Crippen molar-refractivity contribution in [1.29, 1.82) is 0 Å². The molecule has 15 heteroatoms. The Morgan fingerprint density at radius 3 is 2.09 bits per heavy atom. The second kappa shape index (κ2) is 28.1. The molecule has 15 nitrogen and oxygen atoms in total. The number of nitrogens with one attached hydrogen (secondary N) is 4. The molecule has 4 N–H and O–H groups in total. The molecule has 7 atom stereocenters. The van der Waals surface area contributed by atoms with Gasteiger partial charge in [0.1, 0.15) is 30.4 Å². The van der Waals surface area contributed by atoms with Gasteiger partial charge in [0.15, 0.2) is 0 Å². The van der Waals surface area contributed by atoms with Crippen molar-refractivity contribution >= 4 is 41.3 Å². The van der Waals surface area contributed by atoms with Crippen LogP contribution in [-0.2, 0) is 51.4 Å². The molecule has 1 heterocycles. The average Bonchev–Trinajstić information content (AvgIpc) is 3.60. The number of amides is 6. The molecule has 1 aliphatic carbocycles. The van der Waals surface area contributed by atoms with Gasteiger partial charge in [0.05, 0.1) is 37.9 Å². The zero-order valence-electron chi connectivity index (χ0n) is 40.4. The summed E-state index contributed by atoms with van der Waals surface area (Å²) in [5.41, 5.74) is 1.18. The molecule has 1 fully saturated rings. The van der Waals surface area contributed by atoms with E-state index in [-0.39, 0.29) is 37.6 Å². The Kier molecular flexibility index (Phi) is 22.8. The minimum atomic E-state index is -1.30. The maximum Gasteiger partial charge on any atom is 0.407 e. The highest BCUT2D eigenvalue weighted by molar-refractivity contribution is 6.42. The van der Waals surface area contributed by atoms with Gasteiger partial charge in [-0.3, -0.25) is 24.0 Å². The number of carbonyl (C=O) groups is 6. The predicted molar refractivity (Wildman–Crippen MR) is 254 cm³/mol. The number of likely N-dealkylation sites (N-methyl/N-ethyl adjacent to an activating group) is 1. The molecule has 66 heavy (non-hydrogen) atoms. The lowest BCUT2D eigenvalue weighted by atomic mass is 9.90. The highest BCUT2D eigenvalue weighted by Gasteiger charge is 2.39. The lowest BCUT2D eigenvalue weighted by Crippen LogP contribution is -2.57. The van der Waals surface area contributed by atoms with Gasteiger partial charge in [-0.2, -0.15) is 0 Å². The van der Waals surface area contributed by atoms with E-state index in [2.05, 4.69) is 33.2 Å². The lowest BCUT2D eigenvalue weighted by Gasteiger charge is -2.35. The Balaban J connectivity index is 1.78. The summed E-state index contributed by atoms with van der Waals surface area (Å²) in [5.74, 6) is -3.98. The maximum absolute atomic E-state index is 14.7. The second-order valence-corrected chi connectivity index (χ2v) is 18.5. The molecule has 364 valence electrons. The van der Waals surface area contributed by atoms with E-state index < -0.39 is 84.3 Å². The van der Waals surface area contributed by atoms with Crippen molar-refractivity contribution < 1.29 is 43.0 Å². The number of aliphatic imine (C=N–C) groups is 1. The molecule has 6 amide bonds. The Hall–Kier alpha value is -5.15. The topological polar surface area (TPSA) is 194 Å². The quantitative estimate of drug-likeness (QED) is 0.103. The van der Waals surface area contributed by atoms with Crippen LogP contribution in [0, 0.1) is 17.8 Å². The number of nitrogens with zero attached hydrogens (tertiary/aromatic N) is 2. The minimum absolute atomic E-state index is 0.0125. The molecule has 1 saturated carbocycles. The monoisotopic (exact) mass is 917 g/mol. The van der Waals surface area contributed by atoms with Gasteiger partial charge in [0.2, 0.25) is 17.7 Å². The Morgan fingerprint density at radius 1 is 0.833 bits per heavy atom. The summed E-state index contributed by atoms with van der Waals surface area (Å²) in [4.78, 5) is 91.5. The molecule has 0 spiro atoms. The zero-order valence-corrected chi connectivity index (χ0v) is 40.4. The fourth-order valence-electron chi connectivity index (χ4n) is 8.51. The van der Waals surface area contributed by atoms with Crippen molar-refractivity contribution in [2.45, 2.75) is 168 Å². The van der Waals surface area contributed by atoms with Gasteiger partial charge >= 0.3 is 6.09 Å². The van der Waals surface area contributed by atoms with E-state index >= 15 is 0 Å². The van der Waals surface area contributed by atoms with Crippen molar-refractivity contribution in [2.75, 3.05) is 20.2 Å². The Bertz CT molecular complexity index is 1870. The Labute approximate surface area is 392 Å². The zero-order chi connectivity index (χ0) is 48.0. The number of unbranched alkanes of at least 4 members (excludes halogenated alkanes) is 3. The standard InChI is InChI=1S/C51H76N6O9/c1-8-9-10-21-28-43-36(5)50(62)57(7)42(29-34(2)3)47(59)56-45(40-26-19-11-12-20-27-40)49(61)54-41(30-52-51(63)66-33-39-24-17-14-18-25-39)46(58)55-44(48(60)53-35(4)31-65-43)37(6)64-32-38-22-15-13-16-23-38/h13-18,22-25,34-37,40,42-45H,8-12,19-21,26-33H2,1-7H3,(H,52,63)(H,53,60)(H,55,58)(H,56,59)/b54-41-/t35-,36-,37+,42+,43-,44+,45+/m1/s1. The van der Waals surface area contributed by atoms with Crippen LogP contribution in [0.15, 0.2) is 65.7 Å². The van der Waals surface area contributed by atoms with Gasteiger partial charge in [-0.05, 0) is 62.5 Å². The number of rotatable bonds is 16. The molecule has 2 aromatic carbocycles. The van der Waals surface area contributed by atoms with E-state index in [0.29, 0.717) is 25.7 Å². The van der Waals surface area contributed by atoms with E-state index in [4.69, 9.17) is 14.2 Å². The number of hydrogen-bond donors (Lipinski definition) is 4. The van der Waals surface area contributed by atoms with Crippen LogP contribution in [0.2, 0.25) is 0 Å². The summed E-state index contributed by atoms with van der Waals surface area (Å²) in [6.45, 7) is 10.9. The van der Waals surface area contributed by atoms with E-state index in [1.165, 1.54) is 4.90 Å². The largest absolute Gasteiger partial charge is 0.445 e. The molecule has 0 saturated heterocycles. The van der Waals surface area contributed by atoms with E-state index in [0.717, 1.165) is 62.5 Å². The number of alkyl carbamates (subject to hydrolysis) is 1. The van der Waals surface area contributed by atoms with Crippen LogP contribution in [0.1, 0.15) is 130 Å². The minimum Gasteiger partial charge on any atom is -0.445 e. The maximum atomic E-state index is 14.7. The second-order valence-electron chi connectivity index (χ2n) is 18.5. The molecule has 4 rings (SSSR count). The van der Waals surface area contributed by atoms with Crippen LogP contribution < -0.4 is 21.3 Å². The van der Waals surface area contributed by atoms with E-state index in [1.54, 1.807) is 33.0 Å². The van der Waals surface area contributed by atoms with Crippen molar-refractivity contribution in [2.24, 2.45) is 22.7 Å². The molecule has 0 unspecified atom stereocenters. The summed E-state index contributed by atoms with van der Waals surface area (Å²) < 4.78 is 18.1. The number of ether oxygens (including phenoxy) is 3. The molecular weight excluding hydrogens is 841 g/mol. The van der Waals surface area contributed by atoms with Crippen molar-refractivity contribution in [3.8, 4) is 0 Å². The van der Waals surface area contributed by atoms with Gasteiger partial charge in [0.25, 0.3) is 11.8 Å². The summed E-state index contributed by atoms with van der Waals surface area (Å²) >= 11 is 0. The first-order valence-electron chi connectivity index (χ1n) is 24.2. The average molecular weight is 917 g/mol. The SMILES string of the molecule is CCCCCC[C@H]1OC[C@@H](C)NC(=O)[C@H]([C@H](C)OCc2ccccc2)NC(=O)/C(CNC(=O)OCc2ccccc2)=N\C(=O)[C@H](C2CCCCCC2)NC(=O)[C@H](CC(C)C)N(C)C(=O)[C@@H]1C. The van der Waals surface area contributed by atoms with Gasteiger partial charge in [-0.25, -0.2) is 9.79 Å². The highest BCUT2D eigenvalue weighted by Crippen LogP contribution is 2.28. The summed E-state index contributed by atoms with van der Waals surface area (Å²) in [6.07, 6.45) is 7.37. The summed E-state index contributed by atoms with van der Waals surface area (Å²) in [7, 11) is 1.62. The third kappa shape index (κ3) is 17.6. The molecular formula is C51H76N6O9. The Morgan fingerprint density at radius 2 is 1.47 bits per heavy atom. The van der Waals surface area contributed by atoms with Crippen molar-refractivity contribution in [3.05, 3.63) is 71.8 Å². The third-order valence-corrected chi connectivity index (χ3v) is 12.5. The molecule has 0 radical (unpaired) electrons. The van der Waals surface area contributed by atoms with Crippen LogP contribution in [0.3, 0.4) is 0 Å². The number of hydrogen-bond acceptors (Lipinski definition) is 9. The van der Waals surface area contributed by atoms with Gasteiger partial charge in [0, 0.05) is 13.1 Å². The first-order valence-corrected chi connectivity index (χ1v) is 24.2. The lowest BCUT2D eigenvalue weighted by molar-refractivity contribution is -0.147. The molecule has 0 bridgehead atoms. The van der Waals surface area contributed by atoms with Gasteiger partial charge in [-0.15, -0.1) is 0 Å². The van der Waals surface area contributed by atoms with Crippen LogP contribution in [0.5, 0.6) is 0 Å².